The van der Waals surface area contributed by atoms with Gasteiger partial charge in [0.25, 0.3) is 0 Å². The van der Waals surface area contributed by atoms with E-state index in [2.05, 4.69) is 26.8 Å². The van der Waals surface area contributed by atoms with Crippen LogP contribution in [0.15, 0.2) is 12.7 Å². The van der Waals surface area contributed by atoms with Gasteiger partial charge >= 0.3 is 6.01 Å². The Labute approximate surface area is 96.0 Å². The van der Waals surface area contributed by atoms with Gasteiger partial charge in [-0.3, -0.25) is 0 Å². The summed E-state index contributed by atoms with van der Waals surface area (Å²) in [5.41, 5.74) is 5.43. The summed E-state index contributed by atoms with van der Waals surface area (Å²) in [5, 5.41) is 2.76. The molecule has 0 fully saturated rings. The second-order valence-corrected chi connectivity index (χ2v) is 3.12. The van der Waals surface area contributed by atoms with Crippen molar-refractivity contribution in [1.82, 2.24) is 15.0 Å². The molecule has 16 heavy (non-hydrogen) atoms. The third kappa shape index (κ3) is 5.79. The number of nitrogens with zero attached hydrogens (tertiary/aromatic N) is 3. The first kappa shape index (κ1) is 14.2. The predicted octanol–water partition coefficient (Wildman–Crippen LogP) is 1.47. The summed E-state index contributed by atoms with van der Waals surface area (Å²) in [6, 6.07) is 0.242. The van der Waals surface area contributed by atoms with Gasteiger partial charge in [-0.25, -0.2) is 0 Å². The van der Waals surface area contributed by atoms with Gasteiger partial charge in [0.2, 0.25) is 11.9 Å². The Bertz CT molecular complexity index is 327. The number of hydrogen-bond donors (Lipinski definition) is 2. The fraction of sp³-hybridized carbons (Fsp3) is 0.500. The molecule has 0 saturated heterocycles. The molecule has 6 heteroatoms. The lowest BCUT2D eigenvalue weighted by Gasteiger charge is -2.08. The minimum Gasteiger partial charge on any atom is -0.461 e. The lowest BCUT2D eigenvalue weighted by Crippen LogP contribution is -2.11. The molecule has 0 atom stereocenters. The maximum atomic E-state index is 5.43. The Hall–Kier alpha value is -1.85. The third-order valence-corrected chi connectivity index (χ3v) is 1.20. The first-order valence-electron chi connectivity index (χ1n) is 4.96. The second kappa shape index (κ2) is 7.44. The van der Waals surface area contributed by atoms with Crippen molar-refractivity contribution < 1.29 is 4.74 Å². The van der Waals surface area contributed by atoms with Crippen LogP contribution in [0.25, 0.3) is 0 Å². The van der Waals surface area contributed by atoms with Crippen molar-refractivity contribution in [3.05, 3.63) is 12.7 Å². The van der Waals surface area contributed by atoms with Gasteiger partial charge in [-0.2, -0.15) is 15.0 Å². The molecule has 1 aromatic heterocycles. The monoisotopic (exact) mass is 225 g/mol. The number of ether oxygens (including phenoxy) is 1. The van der Waals surface area contributed by atoms with Crippen LogP contribution in [0, 0.1) is 0 Å². The van der Waals surface area contributed by atoms with Gasteiger partial charge < -0.3 is 15.8 Å². The van der Waals surface area contributed by atoms with E-state index < -0.39 is 0 Å². The molecule has 0 aromatic carbocycles. The summed E-state index contributed by atoms with van der Waals surface area (Å²) < 4.78 is 5.26. The van der Waals surface area contributed by atoms with E-state index in [-0.39, 0.29) is 18.1 Å². The SMILES string of the molecule is C=CC.CNc1nc(N)nc(OC(C)C)n1. The highest BCUT2D eigenvalue weighted by Crippen LogP contribution is 2.09. The summed E-state index contributed by atoms with van der Waals surface area (Å²) in [5.74, 6) is 0.554. The Morgan fingerprint density at radius 1 is 1.38 bits per heavy atom. The number of rotatable bonds is 3. The summed E-state index contributed by atoms with van der Waals surface area (Å²) in [7, 11) is 1.70. The van der Waals surface area contributed by atoms with Gasteiger partial charge in [0.05, 0.1) is 6.10 Å². The standard InChI is InChI=1S/C7H13N5O.C3H6/c1-4(2)13-7-11-5(8)10-6(9-3)12-7;1-3-2/h4H,1-3H3,(H3,8,9,10,11,12);3H,1H2,2H3. The van der Waals surface area contributed by atoms with Crippen molar-refractivity contribution >= 4 is 11.9 Å². The molecule has 0 bridgehead atoms. The zero-order chi connectivity index (χ0) is 12.6. The van der Waals surface area contributed by atoms with Crippen LogP contribution in [-0.4, -0.2) is 28.1 Å². The summed E-state index contributed by atoms with van der Waals surface area (Å²) in [6.45, 7) is 9.03. The van der Waals surface area contributed by atoms with Crippen LogP contribution in [0.4, 0.5) is 11.9 Å². The first-order valence-corrected chi connectivity index (χ1v) is 4.96. The first-order chi connectivity index (χ1) is 7.53. The number of aromatic nitrogens is 3. The lowest BCUT2D eigenvalue weighted by molar-refractivity contribution is 0.222. The topological polar surface area (TPSA) is 86.0 Å². The van der Waals surface area contributed by atoms with Crippen LogP contribution in [-0.2, 0) is 0 Å². The van der Waals surface area contributed by atoms with E-state index in [1.807, 2.05) is 20.8 Å². The number of nitrogen functional groups attached to an aromatic ring is 1. The molecule has 90 valence electrons. The van der Waals surface area contributed by atoms with E-state index in [0.717, 1.165) is 0 Å². The van der Waals surface area contributed by atoms with E-state index in [9.17, 15) is 0 Å². The van der Waals surface area contributed by atoms with Gasteiger partial charge in [-0.15, -0.1) is 6.58 Å². The Balaban J connectivity index is 0.000000673. The summed E-state index contributed by atoms with van der Waals surface area (Å²) >= 11 is 0. The van der Waals surface area contributed by atoms with Gasteiger partial charge in [0.1, 0.15) is 0 Å². The van der Waals surface area contributed by atoms with Gasteiger partial charge in [-0.1, -0.05) is 6.08 Å². The molecule has 1 rings (SSSR count). The van der Waals surface area contributed by atoms with Crippen LogP contribution in [0.3, 0.4) is 0 Å². The molecule has 1 aromatic rings. The normalized spacial score (nSPS) is 9.06. The largest absolute Gasteiger partial charge is 0.461 e. The van der Waals surface area contributed by atoms with Gasteiger partial charge in [0.15, 0.2) is 0 Å². The molecule has 0 aliphatic carbocycles. The van der Waals surface area contributed by atoms with Crippen molar-refractivity contribution in [2.75, 3.05) is 18.1 Å². The molecule has 6 nitrogen and oxygen atoms in total. The van der Waals surface area contributed by atoms with Crippen LogP contribution >= 0.6 is 0 Å². The predicted molar refractivity (Wildman–Crippen MR) is 65.4 cm³/mol. The lowest BCUT2D eigenvalue weighted by atomic mass is 10.5. The van der Waals surface area contributed by atoms with E-state index >= 15 is 0 Å². The summed E-state index contributed by atoms with van der Waals surface area (Å²) in [4.78, 5) is 11.6. The van der Waals surface area contributed by atoms with Crippen LogP contribution in [0.2, 0.25) is 0 Å². The fourth-order valence-electron chi connectivity index (χ4n) is 0.747. The maximum Gasteiger partial charge on any atom is 0.323 e. The third-order valence-electron chi connectivity index (χ3n) is 1.20. The van der Waals surface area contributed by atoms with Crippen molar-refractivity contribution in [1.29, 1.82) is 0 Å². The molecule has 0 spiro atoms. The average molecular weight is 225 g/mol. The van der Waals surface area contributed by atoms with Gasteiger partial charge in [-0.05, 0) is 20.8 Å². The number of hydrogen-bond acceptors (Lipinski definition) is 6. The number of nitrogens with one attached hydrogen (secondary N) is 1. The maximum absolute atomic E-state index is 5.43. The van der Waals surface area contributed by atoms with Crippen molar-refractivity contribution in [2.45, 2.75) is 26.9 Å². The van der Waals surface area contributed by atoms with Crippen LogP contribution in [0.1, 0.15) is 20.8 Å². The summed E-state index contributed by atoms with van der Waals surface area (Å²) in [6.07, 6.45) is 1.77. The number of allylic oxidation sites excluding steroid dienone is 1. The van der Waals surface area contributed by atoms with Crippen LogP contribution in [0.5, 0.6) is 6.01 Å². The van der Waals surface area contributed by atoms with E-state index in [1.54, 1.807) is 13.1 Å². The van der Waals surface area contributed by atoms with Crippen LogP contribution < -0.4 is 15.8 Å². The average Bonchev–Trinajstić information content (AvgIpc) is 2.16. The van der Waals surface area contributed by atoms with E-state index in [4.69, 9.17) is 10.5 Å². The highest BCUT2D eigenvalue weighted by molar-refractivity contribution is 5.31. The fourth-order valence-corrected chi connectivity index (χ4v) is 0.747. The Morgan fingerprint density at radius 3 is 2.38 bits per heavy atom. The number of nitrogens with two attached hydrogens (primary N) is 1. The zero-order valence-corrected chi connectivity index (χ0v) is 10.2. The smallest absolute Gasteiger partial charge is 0.323 e. The van der Waals surface area contributed by atoms with E-state index in [0.29, 0.717) is 5.95 Å². The molecule has 0 amide bonds. The van der Waals surface area contributed by atoms with Crippen molar-refractivity contribution in [3.63, 3.8) is 0 Å². The molecular formula is C10H19N5O. The molecule has 0 aliphatic heterocycles. The Kier molecular flexibility index (Phi) is 6.58. The van der Waals surface area contributed by atoms with Crippen molar-refractivity contribution in [2.24, 2.45) is 0 Å². The molecule has 3 N–H and O–H groups in total. The second-order valence-electron chi connectivity index (χ2n) is 3.12. The van der Waals surface area contributed by atoms with Crippen molar-refractivity contribution in [3.8, 4) is 6.01 Å². The highest BCUT2D eigenvalue weighted by atomic mass is 16.5. The van der Waals surface area contributed by atoms with E-state index in [1.165, 1.54) is 0 Å². The molecular weight excluding hydrogens is 206 g/mol. The molecule has 0 saturated carbocycles. The Morgan fingerprint density at radius 2 is 1.94 bits per heavy atom. The molecule has 0 unspecified atom stereocenters. The minimum atomic E-state index is 0.0199. The zero-order valence-electron chi connectivity index (χ0n) is 10.2. The minimum absolute atomic E-state index is 0.0199. The molecule has 0 aliphatic rings. The molecule has 0 radical (unpaired) electrons. The highest BCUT2D eigenvalue weighted by Gasteiger charge is 2.05. The quantitative estimate of drug-likeness (QED) is 0.758. The molecule has 1 heterocycles. The number of anilines is 2. The van der Waals surface area contributed by atoms with Gasteiger partial charge in [0, 0.05) is 7.05 Å².